The van der Waals surface area contributed by atoms with E-state index in [0.717, 1.165) is 11.4 Å². The summed E-state index contributed by atoms with van der Waals surface area (Å²) in [5.41, 5.74) is 8.61. The molecule has 0 bridgehead atoms. The lowest BCUT2D eigenvalue weighted by atomic mass is 10.2. The molecule has 1 aromatic carbocycles. The fraction of sp³-hybridized carbons (Fsp3) is 0.286. The Morgan fingerprint density at radius 3 is 2.68 bits per heavy atom. The van der Waals surface area contributed by atoms with Gasteiger partial charge in [-0.05, 0) is 38.1 Å². The van der Waals surface area contributed by atoms with E-state index in [4.69, 9.17) is 5.73 Å². The molecule has 100 valence electrons. The van der Waals surface area contributed by atoms with Crippen molar-refractivity contribution in [3.05, 3.63) is 41.7 Å². The van der Waals surface area contributed by atoms with Crippen LogP contribution in [-0.4, -0.2) is 22.2 Å². The summed E-state index contributed by atoms with van der Waals surface area (Å²) in [6.45, 7) is 4.38. The number of nitrogen functional groups attached to an aromatic ring is 1. The second kappa shape index (κ2) is 5.14. The van der Waals surface area contributed by atoms with Crippen LogP contribution in [0.25, 0.3) is 0 Å². The van der Waals surface area contributed by atoms with Crippen LogP contribution in [0.5, 0.6) is 0 Å². The molecule has 0 spiro atoms. The molecule has 19 heavy (non-hydrogen) atoms. The molecule has 0 saturated heterocycles. The first-order chi connectivity index (χ1) is 9.02. The second-order valence-electron chi connectivity index (χ2n) is 4.44. The highest BCUT2D eigenvalue weighted by atomic mass is 16.2. The maximum Gasteiger partial charge on any atom is 0.276 e. The lowest BCUT2D eigenvalue weighted by Crippen LogP contribution is -2.32. The van der Waals surface area contributed by atoms with E-state index in [1.165, 1.54) is 0 Å². The van der Waals surface area contributed by atoms with Crippen molar-refractivity contribution in [3.63, 3.8) is 0 Å². The van der Waals surface area contributed by atoms with Crippen molar-refractivity contribution < 1.29 is 4.79 Å². The highest BCUT2D eigenvalue weighted by Crippen LogP contribution is 2.19. The molecular formula is C14H18N4O. The largest absolute Gasteiger partial charge is 0.399 e. The summed E-state index contributed by atoms with van der Waals surface area (Å²) in [6, 6.07) is 9.11. The van der Waals surface area contributed by atoms with Crippen molar-refractivity contribution in [1.82, 2.24) is 9.78 Å². The molecule has 1 aromatic heterocycles. The van der Waals surface area contributed by atoms with E-state index >= 15 is 0 Å². The zero-order valence-electron chi connectivity index (χ0n) is 11.4. The van der Waals surface area contributed by atoms with Crippen LogP contribution < -0.4 is 10.6 Å². The van der Waals surface area contributed by atoms with Crippen LogP contribution in [0.2, 0.25) is 0 Å². The molecule has 1 amide bonds. The molecule has 0 unspecified atom stereocenters. The van der Waals surface area contributed by atoms with Gasteiger partial charge in [-0.3, -0.25) is 9.48 Å². The zero-order valence-corrected chi connectivity index (χ0v) is 11.4. The lowest BCUT2D eigenvalue weighted by molar-refractivity contribution is 0.0979. The molecule has 5 heteroatoms. The molecule has 2 N–H and O–H groups in total. The van der Waals surface area contributed by atoms with E-state index in [-0.39, 0.29) is 5.91 Å². The number of nitrogens with zero attached hydrogens (tertiary/aromatic N) is 3. The van der Waals surface area contributed by atoms with Crippen molar-refractivity contribution >= 4 is 17.3 Å². The third kappa shape index (κ3) is 2.59. The van der Waals surface area contributed by atoms with E-state index in [2.05, 4.69) is 5.10 Å². The van der Waals surface area contributed by atoms with Crippen LogP contribution in [0.15, 0.2) is 30.3 Å². The van der Waals surface area contributed by atoms with Gasteiger partial charge in [0.05, 0.1) is 5.69 Å². The van der Waals surface area contributed by atoms with Crippen LogP contribution in [0, 0.1) is 6.92 Å². The number of carbonyl (C=O) groups is 1. The maximum atomic E-state index is 12.5. The number of carbonyl (C=O) groups excluding carboxylic acids is 1. The van der Waals surface area contributed by atoms with Crippen LogP contribution in [0.3, 0.4) is 0 Å². The van der Waals surface area contributed by atoms with Gasteiger partial charge in [0.15, 0.2) is 0 Å². The molecule has 2 rings (SSSR count). The SMILES string of the molecule is CCN(C(=O)c1cc(C)nn1C)c1cccc(N)c1. The average molecular weight is 258 g/mol. The Kier molecular flexibility index (Phi) is 3.55. The molecule has 0 saturated carbocycles. The van der Waals surface area contributed by atoms with Gasteiger partial charge in [-0.25, -0.2) is 0 Å². The van der Waals surface area contributed by atoms with E-state index in [9.17, 15) is 4.79 Å². The van der Waals surface area contributed by atoms with E-state index in [0.29, 0.717) is 17.9 Å². The fourth-order valence-electron chi connectivity index (χ4n) is 2.09. The third-order valence-corrected chi connectivity index (χ3v) is 2.96. The van der Waals surface area contributed by atoms with Crippen molar-refractivity contribution in [2.45, 2.75) is 13.8 Å². The summed E-state index contributed by atoms with van der Waals surface area (Å²) < 4.78 is 1.60. The lowest BCUT2D eigenvalue weighted by Gasteiger charge is -2.21. The highest BCUT2D eigenvalue weighted by molar-refractivity contribution is 6.05. The van der Waals surface area contributed by atoms with E-state index in [1.54, 1.807) is 34.8 Å². The van der Waals surface area contributed by atoms with Crippen LogP contribution >= 0.6 is 0 Å². The Labute approximate surface area is 112 Å². The number of amides is 1. The molecule has 0 radical (unpaired) electrons. The van der Waals surface area contributed by atoms with Gasteiger partial charge in [-0.2, -0.15) is 5.10 Å². The summed E-state index contributed by atoms with van der Waals surface area (Å²) in [5, 5.41) is 4.20. The number of aromatic nitrogens is 2. The molecule has 0 aliphatic heterocycles. The van der Waals surface area contributed by atoms with Gasteiger partial charge >= 0.3 is 0 Å². The normalized spacial score (nSPS) is 10.5. The van der Waals surface area contributed by atoms with Crippen molar-refractivity contribution in [2.24, 2.45) is 7.05 Å². The zero-order chi connectivity index (χ0) is 14.0. The van der Waals surface area contributed by atoms with Crippen molar-refractivity contribution in [3.8, 4) is 0 Å². The summed E-state index contributed by atoms with van der Waals surface area (Å²) in [4.78, 5) is 14.2. The van der Waals surface area contributed by atoms with Gasteiger partial charge in [-0.15, -0.1) is 0 Å². The molecule has 0 aliphatic rings. The first kappa shape index (κ1) is 13.1. The van der Waals surface area contributed by atoms with Crippen molar-refractivity contribution in [2.75, 3.05) is 17.2 Å². The number of hydrogen-bond donors (Lipinski definition) is 1. The van der Waals surface area contributed by atoms with Gasteiger partial charge in [0.2, 0.25) is 0 Å². The Morgan fingerprint density at radius 1 is 1.42 bits per heavy atom. The van der Waals surface area contributed by atoms with Gasteiger partial charge in [0.1, 0.15) is 5.69 Å². The molecule has 0 fully saturated rings. The van der Waals surface area contributed by atoms with Crippen LogP contribution in [-0.2, 0) is 7.05 Å². The Hall–Kier alpha value is -2.30. The van der Waals surface area contributed by atoms with Gasteiger partial charge in [-0.1, -0.05) is 6.07 Å². The average Bonchev–Trinajstić information content (AvgIpc) is 2.69. The summed E-state index contributed by atoms with van der Waals surface area (Å²) >= 11 is 0. The minimum Gasteiger partial charge on any atom is -0.399 e. The number of hydrogen-bond acceptors (Lipinski definition) is 3. The van der Waals surface area contributed by atoms with E-state index in [1.807, 2.05) is 26.0 Å². The number of rotatable bonds is 3. The topological polar surface area (TPSA) is 64.2 Å². The first-order valence-electron chi connectivity index (χ1n) is 6.21. The summed E-state index contributed by atoms with van der Waals surface area (Å²) in [5.74, 6) is -0.0730. The molecular weight excluding hydrogens is 240 g/mol. The standard InChI is InChI=1S/C14H18N4O/c1-4-18(12-7-5-6-11(15)9-12)14(19)13-8-10(2)16-17(13)3/h5-9H,4,15H2,1-3H3. The highest BCUT2D eigenvalue weighted by Gasteiger charge is 2.19. The molecule has 0 atom stereocenters. The smallest absolute Gasteiger partial charge is 0.276 e. The minimum atomic E-state index is -0.0730. The predicted octanol–water partition coefficient (Wildman–Crippen LogP) is 1.98. The predicted molar refractivity (Wildman–Crippen MR) is 76.1 cm³/mol. The number of aryl methyl sites for hydroxylation is 2. The molecule has 1 heterocycles. The molecule has 5 nitrogen and oxygen atoms in total. The number of nitrogens with two attached hydrogens (primary N) is 1. The van der Waals surface area contributed by atoms with Crippen LogP contribution in [0.1, 0.15) is 23.1 Å². The third-order valence-electron chi connectivity index (χ3n) is 2.96. The Bertz CT molecular complexity index is 603. The summed E-state index contributed by atoms with van der Waals surface area (Å²) in [6.07, 6.45) is 0. The van der Waals surface area contributed by atoms with Gasteiger partial charge in [0.25, 0.3) is 5.91 Å². The van der Waals surface area contributed by atoms with Gasteiger partial charge < -0.3 is 10.6 Å². The van der Waals surface area contributed by atoms with E-state index < -0.39 is 0 Å². The van der Waals surface area contributed by atoms with Gasteiger partial charge in [0, 0.05) is 25.0 Å². The van der Waals surface area contributed by atoms with Crippen molar-refractivity contribution in [1.29, 1.82) is 0 Å². The monoisotopic (exact) mass is 258 g/mol. The summed E-state index contributed by atoms with van der Waals surface area (Å²) in [7, 11) is 1.77. The Balaban J connectivity index is 2.37. The van der Waals surface area contributed by atoms with Crippen LogP contribution in [0.4, 0.5) is 11.4 Å². The Morgan fingerprint density at radius 2 is 2.16 bits per heavy atom. The first-order valence-corrected chi connectivity index (χ1v) is 6.21. The molecule has 0 aliphatic carbocycles. The minimum absolute atomic E-state index is 0.0730. The molecule has 2 aromatic rings. The number of benzene rings is 1. The maximum absolute atomic E-state index is 12.5. The fourth-order valence-corrected chi connectivity index (χ4v) is 2.09. The number of anilines is 2. The quantitative estimate of drug-likeness (QED) is 0.856. The second-order valence-corrected chi connectivity index (χ2v) is 4.44.